The SMILES string of the molecule is CCCCN(OC(=O)c1ccccc1)C(=O)O. The van der Waals surface area contributed by atoms with Crippen LogP contribution in [0.2, 0.25) is 0 Å². The molecule has 0 spiro atoms. The van der Waals surface area contributed by atoms with Crippen molar-refractivity contribution in [1.82, 2.24) is 5.06 Å². The molecule has 1 aromatic carbocycles. The molecule has 1 rings (SSSR count). The summed E-state index contributed by atoms with van der Waals surface area (Å²) in [5.74, 6) is -0.663. The first-order valence-electron chi connectivity index (χ1n) is 5.43. The van der Waals surface area contributed by atoms with E-state index in [4.69, 9.17) is 9.94 Å². The van der Waals surface area contributed by atoms with E-state index >= 15 is 0 Å². The predicted molar refractivity (Wildman–Crippen MR) is 61.5 cm³/mol. The molecule has 92 valence electrons. The fourth-order valence-electron chi connectivity index (χ4n) is 1.21. The number of hydroxylamine groups is 2. The average Bonchev–Trinajstić information content (AvgIpc) is 2.35. The Morgan fingerprint density at radius 2 is 1.94 bits per heavy atom. The highest BCUT2D eigenvalue weighted by Crippen LogP contribution is 2.05. The molecule has 0 saturated carbocycles. The third-order valence-electron chi connectivity index (χ3n) is 2.13. The second-order valence-electron chi connectivity index (χ2n) is 3.48. The van der Waals surface area contributed by atoms with E-state index in [1.165, 1.54) is 0 Å². The molecule has 0 aromatic heterocycles. The molecule has 17 heavy (non-hydrogen) atoms. The smallest absolute Gasteiger partial charge is 0.440 e. The normalized spacial score (nSPS) is 9.71. The quantitative estimate of drug-likeness (QED) is 0.817. The molecule has 0 radical (unpaired) electrons. The highest BCUT2D eigenvalue weighted by Gasteiger charge is 2.17. The maximum atomic E-state index is 11.6. The first kappa shape index (κ1) is 13.0. The van der Waals surface area contributed by atoms with Crippen LogP contribution in [0.1, 0.15) is 30.1 Å². The van der Waals surface area contributed by atoms with E-state index < -0.39 is 12.1 Å². The van der Waals surface area contributed by atoms with Gasteiger partial charge < -0.3 is 9.94 Å². The number of amides is 1. The minimum Gasteiger partial charge on any atom is -0.463 e. The van der Waals surface area contributed by atoms with Crippen LogP contribution in [-0.4, -0.2) is 28.8 Å². The number of nitrogens with zero attached hydrogens (tertiary/aromatic N) is 1. The zero-order valence-corrected chi connectivity index (χ0v) is 9.63. The molecule has 1 amide bonds. The molecule has 5 heteroatoms. The van der Waals surface area contributed by atoms with Gasteiger partial charge in [0.1, 0.15) is 0 Å². The summed E-state index contributed by atoms with van der Waals surface area (Å²) in [5, 5.41) is 9.51. The zero-order chi connectivity index (χ0) is 12.7. The summed E-state index contributed by atoms with van der Waals surface area (Å²) in [6.45, 7) is 2.11. The van der Waals surface area contributed by atoms with E-state index in [9.17, 15) is 9.59 Å². The van der Waals surface area contributed by atoms with Crippen molar-refractivity contribution in [3.8, 4) is 0 Å². The number of rotatable bonds is 4. The minimum absolute atomic E-state index is 0.185. The number of carbonyl (C=O) groups is 2. The Morgan fingerprint density at radius 1 is 1.29 bits per heavy atom. The highest BCUT2D eigenvalue weighted by atomic mass is 16.7. The van der Waals surface area contributed by atoms with Crippen LogP contribution in [0.5, 0.6) is 0 Å². The van der Waals surface area contributed by atoms with E-state index in [2.05, 4.69) is 0 Å². The standard InChI is InChI=1S/C12H15NO4/c1-2-3-9-13(12(15)16)17-11(14)10-7-5-4-6-8-10/h4-8H,2-3,9H2,1H3,(H,15,16). The van der Waals surface area contributed by atoms with Crippen molar-refractivity contribution in [1.29, 1.82) is 0 Å². The van der Waals surface area contributed by atoms with Crippen molar-refractivity contribution < 1.29 is 19.5 Å². The molecule has 5 nitrogen and oxygen atoms in total. The van der Waals surface area contributed by atoms with Crippen LogP contribution in [0.4, 0.5) is 4.79 Å². The Hall–Kier alpha value is -2.04. The average molecular weight is 237 g/mol. The fourth-order valence-corrected chi connectivity index (χ4v) is 1.21. The molecule has 1 N–H and O–H groups in total. The number of carboxylic acid groups (broad SMARTS) is 1. The van der Waals surface area contributed by atoms with Gasteiger partial charge in [0.25, 0.3) is 0 Å². The molecule has 0 aliphatic heterocycles. The third kappa shape index (κ3) is 4.14. The summed E-state index contributed by atoms with van der Waals surface area (Å²) >= 11 is 0. The van der Waals surface area contributed by atoms with Crippen molar-refractivity contribution >= 4 is 12.1 Å². The number of carbonyl (C=O) groups excluding carboxylic acids is 1. The lowest BCUT2D eigenvalue weighted by Crippen LogP contribution is -2.33. The summed E-state index contributed by atoms with van der Waals surface area (Å²) in [7, 11) is 0. The minimum atomic E-state index is -1.26. The van der Waals surface area contributed by atoms with Crippen LogP contribution in [0.3, 0.4) is 0 Å². The van der Waals surface area contributed by atoms with Gasteiger partial charge >= 0.3 is 12.1 Å². The van der Waals surface area contributed by atoms with Crippen LogP contribution >= 0.6 is 0 Å². The van der Waals surface area contributed by atoms with Crippen molar-refractivity contribution in [2.24, 2.45) is 0 Å². The van der Waals surface area contributed by atoms with Gasteiger partial charge in [-0.05, 0) is 18.6 Å². The van der Waals surface area contributed by atoms with Crippen LogP contribution in [0.25, 0.3) is 0 Å². The molecular weight excluding hydrogens is 222 g/mol. The number of benzene rings is 1. The second-order valence-corrected chi connectivity index (χ2v) is 3.48. The van der Waals surface area contributed by atoms with Gasteiger partial charge in [-0.1, -0.05) is 31.5 Å². The number of unbranched alkanes of at least 4 members (excludes halogenated alkanes) is 1. The molecule has 0 aliphatic rings. The van der Waals surface area contributed by atoms with Crippen LogP contribution in [-0.2, 0) is 4.84 Å². The van der Waals surface area contributed by atoms with Gasteiger partial charge in [0.15, 0.2) is 0 Å². The van der Waals surface area contributed by atoms with E-state index in [1.807, 2.05) is 6.92 Å². The first-order chi connectivity index (χ1) is 8.15. The molecule has 0 saturated heterocycles. The summed E-state index contributed by atoms with van der Waals surface area (Å²) in [6.07, 6.45) is 0.212. The van der Waals surface area contributed by atoms with Crippen LogP contribution in [0.15, 0.2) is 30.3 Å². The van der Waals surface area contributed by atoms with Gasteiger partial charge in [-0.2, -0.15) is 0 Å². The van der Waals surface area contributed by atoms with Crippen LogP contribution in [0, 0.1) is 0 Å². The number of hydrogen-bond acceptors (Lipinski definition) is 3. The van der Waals surface area contributed by atoms with Crippen molar-refractivity contribution in [3.05, 3.63) is 35.9 Å². The van der Waals surface area contributed by atoms with Gasteiger partial charge in [-0.3, -0.25) is 0 Å². The van der Waals surface area contributed by atoms with Crippen molar-refractivity contribution in [3.63, 3.8) is 0 Å². The lowest BCUT2D eigenvalue weighted by Gasteiger charge is -2.17. The molecular formula is C12H15NO4. The van der Waals surface area contributed by atoms with E-state index in [0.29, 0.717) is 17.0 Å². The molecule has 0 heterocycles. The van der Waals surface area contributed by atoms with Crippen LogP contribution < -0.4 is 0 Å². The Balaban J connectivity index is 2.61. The van der Waals surface area contributed by atoms with E-state index in [0.717, 1.165) is 6.42 Å². The van der Waals surface area contributed by atoms with Gasteiger partial charge in [0.2, 0.25) is 0 Å². The Labute approximate surface area is 99.6 Å². The molecule has 0 unspecified atom stereocenters. The summed E-state index contributed by atoms with van der Waals surface area (Å²) in [4.78, 5) is 27.2. The monoisotopic (exact) mass is 237 g/mol. The molecule has 1 aromatic rings. The van der Waals surface area contributed by atoms with Gasteiger partial charge in [0, 0.05) is 0 Å². The lowest BCUT2D eigenvalue weighted by molar-refractivity contribution is -0.0874. The maximum Gasteiger partial charge on any atom is 0.440 e. The van der Waals surface area contributed by atoms with Crippen molar-refractivity contribution in [2.45, 2.75) is 19.8 Å². The Bertz CT molecular complexity index is 377. The predicted octanol–water partition coefficient (Wildman–Crippen LogP) is 2.54. The summed E-state index contributed by atoms with van der Waals surface area (Å²) in [5.41, 5.74) is 0.329. The maximum absolute atomic E-state index is 11.6. The Morgan fingerprint density at radius 3 is 2.47 bits per heavy atom. The highest BCUT2D eigenvalue weighted by molar-refractivity contribution is 5.89. The fraction of sp³-hybridized carbons (Fsp3) is 0.333. The largest absolute Gasteiger partial charge is 0.463 e. The molecule has 0 aliphatic carbocycles. The molecule has 0 fully saturated rings. The zero-order valence-electron chi connectivity index (χ0n) is 9.63. The second kappa shape index (κ2) is 6.52. The van der Waals surface area contributed by atoms with Gasteiger partial charge in [-0.15, -0.1) is 5.06 Å². The van der Waals surface area contributed by atoms with Crippen molar-refractivity contribution in [2.75, 3.05) is 6.54 Å². The van der Waals surface area contributed by atoms with E-state index in [1.54, 1.807) is 30.3 Å². The van der Waals surface area contributed by atoms with E-state index in [-0.39, 0.29) is 6.54 Å². The Kier molecular flexibility index (Phi) is 5.00. The third-order valence-corrected chi connectivity index (χ3v) is 2.13. The van der Waals surface area contributed by atoms with Gasteiger partial charge in [-0.25, -0.2) is 9.59 Å². The summed E-state index contributed by atoms with van der Waals surface area (Å²) < 4.78 is 0. The summed E-state index contributed by atoms with van der Waals surface area (Å²) in [6, 6.07) is 8.29. The lowest BCUT2D eigenvalue weighted by atomic mass is 10.2. The van der Waals surface area contributed by atoms with Gasteiger partial charge in [0.05, 0.1) is 12.1 Å². The molecule has 0 atom stereocenters. The number of hydrogen-bond donors (Lipinski definition) is 1. The molecule has 0 bridgehead atoms. The first-order valence-corrected chi connectivity index (χ1v) is 5.43. The topological polar surface area (TPSA) is 66.8 Å².